The van der Waals surface area contributed by atoms with Crippen LogP contribution in [-0.2, 0) is 0 Å². The number of benzene rings is 1. The first kappa shape index (κ1) is 12.1. The molecule has 0 radical (unpaired) electrons. The van der Waals surface area contributed by atoms with Crippen molar-refractivity contribution in [3.63, 3.8) is 0 Å². The molecule has 0 aliphatic heterocycles. The Morgan fingerprint density at radius 1 is 1.41 bits per heavy atom. The molecule has 1 atom stereocenters. The summed E-state index contributed by atoms with van der Waals surface area (Å²) in [5.74, 6) is -1.91. The van der Waals surface area contributed by atoms with Gasteiger partial charge in [0.25, 0.3) is 5.89 Å². The van der Waals surface area contributed by atoms with Crippen molar-refractivity contribution >= 4 is 15.9 Å². The van der Waals surface area contributed by atoms with Crippen LogP contribution in [0.1, 0.15) is 18.9 Å². The van der Waals surface area contributed by atoms with Crippen LogP contribution in [-0.4, -0.2) is 15.2 Å². The molecular formula is C10H7BrF2N2O2. The summed E-state index contributed by atoms with van der Waals surface area (Å²) in [5.41, 5.74) is 0.250. The molecule has 0 fully saturated rings. The second kappa shape index (κ2) is 4.50. The molecule has 1 N–H and O–H groups in total. The number of aromatic nitrogens is 2. The largest absolute Gasteiger partial charge is 0.384 e. The summed E-state index contributed by atoms with van der Waals surface area (Å²) in [6.07, 6.45) is -0.916. The molecule has 0 saturated heterocycles. The molecule has 1 aromatic heterocycles. The molecule has 1 aromatic carbocycles. The van der Waals surface area contributed by atoms with Crippen LogP contribution in [0.5, 0.6) is 0 Å². The van der Waals surface area contributed by atoms with E-state index in [2.05, 4.69) is 26.1 Å². The molecule has 90 valence electrons. The molecule has 1 heterocycles. The van der Waals surface area contributed by atoms with E-state index in [1.807, 2.05) is 0 Å². The maximum atomic E-state index is 13.3. The molecule has 2 aromatic rings. The average molecular weight is 305 g/mol. The van der Waals surface area contributed by atoms with Gasteiger partial charge in [0.2, 0.25) is 5.82 Å². The lowest BCUT2D eigenvalue weighted by Crippen LogP contribution is -1.92. The Labute approximate surface area is 103 Å². The summed E-state index contributed by atoms with van der Waals surface area (Å²) in [4.78, 5) is 3.86. The predicted octanol–water partition coefficient (Wildman–Crippen LogP) is 2.83. The van der Waals surface area contributed by atoms with Gasteiger partial charge in [-0.1, -0.05) is 5.16 Å². The van der Waals surface area contributed by atoms with Gasteiger partial charge >= 0.3 is 0 Å². The number of aliphatic hydroxyl groups excluding tert-OH is 1. The quantitative estimate of drug-likeness (QED) is 0.867. The zero-order valence-electron chi connectivity index (χ0n) is 8.62. The maximum absolute atomic E-state index is 13.3. The van der Waals surface area contributed by atoms with Gasteiger partial charge in [0.05, 0.1) is 4.47 Å². The van der Waals surface area contributed by atoms with Crippen LogP contribution in [0.15, 0.2) is 21.1 Å². The summed E-state index contributed by atoms with van der Waals surface area (Å²) in [6, 6.07) is 2.28. The minimum atomic E-state index is -1.02. The monoisotopic (exact) mass is 304 g/mol. The van der Waals surface area contributed by atoms with Gasteiger partial charge in [-0.15, -0.1) is 0 Å². The average Bonchev–Trinajstić information content (AvgIpc) is 2.75. The molecule has 0 unspecified atom stereocenters. The number of rotatable bonds is 2. The first-order chi connectivity index (χ1) is 8.00. The molecule has 0 spiro atoms. The smallest absolute Gasteiger partial charge is 0.255 e. The van der Waals surface area contributed by atoms with Gasteiger partial charge in [-0.25, -0.2) is 8.78 Å². The van der Waals surface area contributed by atoms with Gasteiger partial charge in [-0.2, -0.15) is 4.98 Å². The normalized spacial score (nSPS) is 12.8. The minimum Gasteiger partial charge on any atom is -0.384 e. The number of hydrogen-bond donors (Lipinski definition) is 1. The first-order valence-corrected chi connectivity index (χ1v) is 5.45. The zero-order chi connectivity index (χ0) is 12.6. The van der Waals surface area contributed by atoms with E-state index in [-0.39, 0.29) is 21.8 Å². The Morgan fingerprint density at radius 2 is 2.12 bits per heavy atom. The van der Waals surface area contributed by atoms with E-state index in [0.717, 1.165) is 6.07 Å². The molecular weight excluding hydrogens is 298 g/mol. The third-order valence-corrected chi connectivity index (χ3v) is 2.85. The fourth-order valence-electron chi connectivity index (χ4n) is 1.21. The van der Waals surface area contributed by atoms with Crippen molar-refractivity contribution in [2.24, 2.45) is 0 Å². The van der Waals surface area contributed by atoms with Crippen LogP contribution in [0.25, 0.3) is 11.4 Å². The van der Waals surface area contributed by atoms with Gasteiger partial charge in [0.1, 0.15) is 6.10 Å². The lowest BCUT2D eigenvalue weighted by atomic mass is 10.2. The maximum Gasteiger partial charge on any atom is 0.255 e. The highest BCUT2D eigenvalue weighted by molar-refractivity contribution is 9.10. The van der Waals surface area contributed by atoms with Crippen molar-refractivity contribution in [1.82, 2.24) is 10.1 Å². The Kier molecular flexibility index (Phi) is 3.21. The molecule has 17 heavy (non-hydrogen) atoms. The van der Waals surface area contributed by atoms with Crippen molar-refractivity contribution in [3.05, 3.63) is 34.1 Å². The highest BCUT2D eigenvalue weighted by Crippen LogP contribution is 2.30. The Morgan fingerprint density at radius 3 is 2.71 bits per heavy atom. The summed E-state index contributed by atoms with van der Waals surface area (Å²) in [5, 5.41) is 12.8. The number of nitrogens with zero attached hydrogens (tertiary/aromatic N) is 2. The van der Waals surface area contributed by atoms with Crippen molar-refractivity contribution in [1.29, 1.82) is 0 Å². The summed E-state index contributed by atoms with van der Waals surface area (Å²) < 4.78 is 30.9. The van der Waals surface area contributed by atoms with Crippen LogP contribution >= 0.6 is 15.9 Å². The van der Waals surface area contributed by atoms with E-state index >= 15 is 0 Å². The van der Waals surface area contributed by atoms with E-state index in [1.165, 1.54) is 13.0 Å². The fraction of sp³-hybridized carbons (Fsp3) is 0.200. The second-order valence-corrected chi connectivity index (χ2v) is 4.15. The minimum absolute atomic E-state index is 0.0108. The SMILES string of the molecule is C[C@H](O)c1nc(-c2ccc(F)c(F)c2Br)no1. The molecule has 0 saturated carbocycles. The molecule has 0 bridgehead atoms. The Hall–Kier alpha value is -1.34. The predicted molar refractivity (Wildman–Crippen MR) is 58.0 cm³/mol. The summed E-state index contributed by atoms with van der Waals surface area (Å²) in [7, 11) is 0. The second-order valence-electron chi connectivity index (χ2n) is 3.36. The lowest BCUT2D eigenvalue weighted by molar-refractivity contribution is 0.152. The molecule has 4 nitrogen and oxygen atoms in total. The molecule has 7 heteroatoms. The van der Waals surface area contributed by atoms with Gasteiger partial charge in [0, 0.05) is 5.56 Å². The highest BCUT2D eigenvalue weighted by Gasteiger charge is 2.18. The van der Waals surface area contributed by atoms with E-state index < -0.39 is 17.7 Å². The zero-order valence-corrected chi connectivity index (χ0v) is 10.2. The lowest BCUT2D eigenvalue weighted by Gasteiger charge is -2.01. The van der Waals surface area contributed by atoms with Crippen molar-refractivity contribution < 1.29 is 18.4 Å². The van der Waals surface area contributed by atoms with Crippen molar-refractivity contribution in [3.8, 4) is 11.4 Å². The van der Waals surface area contributed by atoms with Crippen molar-refractivity contribution in [2.75, 3.05) is 0 Å². The Bertz CT molecular complexity index is 557. The first-order valence-electron chi connectivity index (χ1n) is 4.66. The summed E-state index contributed by atoms with van der Waals surface area (Å²) >= 11 is 2.91. The van der Waals surface area contributed by atoms with Crippen LogP contribution in [0, 0.1) is 11.6 Å². The molecule has 0 aliphatic carbocycles. The van der Waals surface area contributed by atoms with E-state index in [4.69, 9.17) is 4.52 Å². The topological polar surface area (TPSA) is 59.2 Å². The third-order valence-electron chi connectivity index (χ3n) is 2.08. The molecule has 2 rings (SSSR count). The van der Waals surface area contributed by atoms with Crippen LogP contribution in [0.4, 0.5) is 8.78 Å². The van der Waals surface area contributed by atoms with Crippen LogP contribution in [0.2, 0.25) is 0 Å². The number of halogens is 3. The number of hydrogen-bond acceptors (Lipinski definition) is 4. The van der Waals surface area contributed by atoms with Gasteiger partial charge in [-0.3, -0.25) is 0 Å². The fourth-order valence-corrected chi connectivity index (χ4v) is 1.71. The summed E-state index contributed by atoms with van der Waals surface area (Å²) in [6.45, 7) is 1.46. The molecule has 0 aliphatic rings. The van der Waals surface area contributed by atoms with Gasteiger partial charge in [0.15, 0.2) is 11.6 Å². The van der Waals surface area contributed by atoms with E-state index in [0.29, 0.717) is 0 Å². The van der Waals surface area contributed by atoms with Crippen molar-refractivity contribution in [2.45, 2.75) is 13.0 Å². The standard InChI is InChI=1S/C10H7BrF2N2O2/c1-4(16)10-14-9(15-17-10)5-2-3-6(12)8(13)7(5)11/h2-4,16H,1H3/t4-/m0/s1. The highest BCUT2D eigenvalue weighted by atomic mass is 79.9. The third kappa shape index (κ3) is 2.20. The van der Waals surface area contributed by atoms with Crippen LogP contribution < -0.4 is 0 Å². The van der Waals surface area contributed by atoms with E-state index in [9.17, 15) is 13.9 Å². The van der Waals surface area contributed by atoms with Crippen LogP contribution in [0.3, 0.4) is 0 Å². The Balaban J connectivity index is 2.49. The number of aliphatic hydroxyl groups is 1. The van der Waals surface area contributed by atoms with Gasteiger partial charge < -0.3 is 9.63 Å². The molecule has 0 amide bonds. The van der Waals surface area contributed by atoms with Gasteiger partial charge in [-0.05, 0) is 35.0 Å². The van der Waals surface area contributed by atoms with E-state index in [1.54, 1.807) is 0 Å².